The SMILES string of the molecule is CC1(C)c2nc(Cl)ccc2C(=O)N1CCCCO[Si](C)(C)C(C)(C)C. The number of halogens is 1. The van der Waals surface area contributed by atoms with Gasteiger partial charge in [0, 0.05) is 13.2 Å². The van der Waals surface area contributed by atoms with Gasteiger partial charge in [-0.1, -0.05) is 32.4 Å². The van der Waals surface area contributed by atoms with E-state index >= 15 is 0 Å². The molecule has 2 heterocycles. The zero-order valence-electron chi connectivity index (χ0n) is 16.6. The molecule has 4 nitrogen and oxygen atoms in total. The van der Waals surface area contributed by atoms with Crippen LogP contribution < -0.4 is 0 Å². The second kappa shape index (κ2) is 7.01. The third-order valence-corrected chi connectivity index (χ3v) is 10.4. The first kappa shape index (κ1) is 20.4. The predicted octanol–water partition coefficient (Wildman–Crippen LogP) is 5.23. The summed E-state index contributed by atoms with van der Waals surface area (Å²) in [6.45, 7) is 16.8. The Bertz CT molecular complexity index is 653. The van der Waals surface area contributed by atoms with Crippen molar-refractivity contribution in [3.63, 3.8) is 0 Å². The molecule has 0 saturated heterocycles. The highest BCUT2D eigenvalue weighted by molar-refractivity contribution is 6.74. The van der Waals surface area contributed by atoms with E-state index in [4.69, 9.17) is 16.0 Å². The van der Waals surface area contributed by atoms with Gasteiger partial charge in [0.1, 0.15) is 5.15 Å². The van der Waals surface area contributed by atoms with E-state index in [0.29, 0.717) is 17.3 Å². The van der Waals surface area contributed by atoms with Gasteiger partial charge in [-0.15, -0.1) is 0 Å². The molecule has 0 radical (unpaired) electrons. The van der Waals surface area contributed by atoms with Crippen LogP contribution in [0.5, 0.6) is 0 Å². The number of hydrogen-bond acceptors (Lipinski definition) is 3. The van der Waals surface area contributed by atoms with Crippen molar-refractivity contribution in [3.05, 3.63) is 28.5 Å². The first-order valence-electron chi connectivity index (χ1n) is 9.01. The lowest BCUT2D eigenvalue weighted by molar-refractivity contribution is 0.0605. The van der Waals surface area contributed by atoms with E-state index in [1.165, 1.54) is 0 Å². The smallest absolute Gasteiger partial charge is 0.256 e. The van der Waals surface area contributed by atoms with Gasteiger partial charge in [0.2, 0.25) is 0 Å². The van der Waals surface area contributed by atoms with Crippen molar-refractivity contribution < 1.29 is 9.22 Å². The second-order valence-corrected chi connectivity index (χ2v) is 14.1. The number of hydrogen-bond donors (Lipinski definition) is 0. The Kier molecular flexibility index (Phi) is 5.72. The number of amides is 1. The number of unbranched alkanes of at least 4 members (excludes halogenated alkanes) is 1. The van der Waals surface area contributed by atoms with Gasteiger partial charge in [-0.3, -0.25) is 4.79 Å². The Morgan fingerprint density at radius 3 is 2.48 bits per heavy atom. The van der Waals surface area contributed by atoms with Crippen molar-refractivity contribution >= 4 is 25.8 Å². The van der Waals surface area contributed by atoms with Gasteiger partial charge < -0.3 is 9.33 Å². The molecule has 0 aromatic carbocycles. The van der Waals surface area contributed by atoms with Gasteiger partial charge in [0.05, 0.1) is 16.8 Å². The van der Waals surface area contributed by atoms with Gasteiger partial charge >= 0.3 is 0 Å². The fourth-order valence-electron chi connectivity index (χ4n) is 2.90. The quantitative estimate of drug-likeness (QED) is 0.384. The van der Waals surface area contributed by atoms with Crippen LogP contribution in [-0.2, 0) is 9.96 Å². The summed E-state index contributed by atoms with van der Waals surface area (Å²) in [4.78, 5) is 19.0. The molecule has 0 saturated carbocycles. The lowest BCUT2D eigenvalue weighted by Crippen LogP contribution is -2.41. The number of aromatic nitrogens is 1. The molecule has 1 aromatic rings. The van der Waals surface area contributed by atoms with Crippen LogP contribution in [0.1, 0.15) is 63.5 Å². The Hall–Kier alpha value is -0.913. The number of fused-ring (bicyclic) bond motifs is 1. The fraction of sp³-hybridized carbons (Fsp3) is 0.684. The molecule has 1 amide bonds. The fourth-order valence-corrected chi connectivity index (χ4v) is 4.13. The minimum absolute atomic E-state index is 0.0504. The highest BCUT2D eigenvalue weighted by Crippen LogP contribution is 2.38. The Morgan fingerprint density at radius 2 is 1.88 bits per heavy atom. The molecule has 1 aliphatic rings. The van der Waals surface area contributed by atoms with Crippen LogP contribution in [-0.4, -0.2) is 37.3 Å². The minimum Gasteiger partial charge on any atom is -0.417 e. The molecule has 1 aliphatic heterocycles. The molecular weight excluding hydrogens is 352 g/mol. The average Bonchev–Trinajstić information content (AvgIpc) is 2.65. The molecular formula is C19H31ClN2O2Si. The van der Waals surface area contributed by atoms with Crippen molar-refractivity contribution in [3.8, 4) is 0 Å². The molecule has 0 N–H and O–H groups in total. The summed E-state index contributed by atoms with van der Waals surface area (Å²) in [7, 11) is -1.69. The highest BCUT2D eigenvalue weighted by Gasteiger charge is 2.44. The van der Waals surface area contributed by atoms with Crippen LogP contribution in [0.2, 0.25) is 23.3 Å². The average molecular weight is 383 g/mol. The molecule has 140 valence electrons. The maximum Gasteiger partial charge on any atom is 0.256 e. The Morgan fingerprint density at radius 1 is 1.24 bits per heavy atom. The van der Waals surface area contributed by atoms with E-state index < -0.39 is 13.9 Å². The third kappa shape index (κ3) is 4.09. The van der Waals surface area contributed by atoms with E-state index in [9.17, 15) is 4.79 Å². The number of nitrogens with zero attached hydrogens (tertiary/aromatic N) is 2. The maximum absolute atomic E-state index is 12.7. The summed E-state index contributed by atoms with van der Waals surface area (Å²) >= 11 is 6.02. The molecule has 0 fully saturated rings. The summed E-state index contributed by atoms with van der Waals surface area (Å²) in [6, 6.07) is 3.47. The number of rotatable bonds is 6. The monoisotopic (exact) mass is 382 g/mol. The van der Waals surface area contributed by atoms with Crippen LogP contribution in [0.4, 0.5) is 0 Å². The molecule has 2 rings (SSSR count). The lowest BCUT2D eigenvalue weighted by atomic mass is 9.99. The van der Waals surface area contributed by atoms with Gasteiger partial charge in [0.25, 0.3) is 5.91 Å². The number of pyridine rings is 1. The van der Waals surface area contributed by atoms with Crippen molar-refractivity contribution in [2.24, 2.45) is 0 Å². The normalized spacial score (nSPS) is 17.1. The van der Waals surface area contributed by atoms with Crippen molar-refractivity contribution in [2.45, 2.75) is 71.1 Å². The van der Waals surface area contributed by atoms with Crippen LogP contribution in [0.3, 0.4) is 0 Å². The zero-order valence-corrected chi connectivity index (χ0v) is 18.3. The molecule has 6 heteroatoms. The Labute approximate surface area is 158 Å². The molecule has 0 aliphatic carbocycles. The number of carbonyl (C=O) groups excluding carboxylic acids is 1. The summed E-state index contributed by atoms with van der Waals surface area (Å²) in [5.41, 5.74) is 1.03. The predicted molar refractivity (Wildman–Crippen MR) is 106 cm³/mol. The highest BCUT2D eigenvalue weighted by atomic mass is 35.5. The molecule has 1 aromatic heterocycles. The molecule has 0 unspecified atom stereocenters. The zero-order chi connectivity index (χ0) is 19.0. The van der Waals surface area contributed by atoms with Crippen molar-refractivity contribution in [1.82, 2.24) is 9.88 Å². The van der Waals surface area contributed by atoms with E-state index in [-0.39, 0.29) is 10.9 Å². The lowest BCUT2D eigenvalue weighted by Gasteiger charge is -2.36. The maximum atomic E-state index is 12.7. The third-order valence-electron chi connectivity index (χ3n) is 5.64. The minimum atomic E-state index is -1.69. The second-order valence-electron chi connectivity index (χ2n) is 8.86. The van der Waals surface area contributed by atoms with Crippen LogP contribution >= 0.6 is 11.6 Å². The molecule has 0 bridgehead atoms. The first-order chi connectivity index (χ1) is 11.4. The first-order valence-corrected chi connectivity index (χ1v) is 12.3. The van der Waals surface area contributed by atoms with E-state index in [1.54, 1.807) is 12.1 Å². The van der Waals surface area contributed by atoms with Crippen molar-refractivity contribution in [1.29, 1.82) is 0 Å². The summed E-state index contributed by atoms with van der Waals surface area (Å²) in [5, 5.41) is 0.663. The van der Waals surface area contributed by atoms with Crippen LogP contribution in [0.25, 0.3) is 0 Å². The van der Waals surface area contributed by atoms with Crippen molar-refractivity contribution in [2.75, 3.05) is 13.2 Å². The summed E-state index contributed by atoms with van der Waals surface area (Å²) in [6.07, 6.45) is 1.88. The molecule has 0 atom stereocenters. The topological polar surface area (TPSA) is 42.4 Å². The van der Waals surface area contributed by atoms with Gasteiger partial charge in [0.15, 0.2) is 8.32 Å². The van der Waals surface area contributed by atoms with E-state index in [1.807, 2.05) is 18.7 Å². The van der Waals surface area contributed by atoms with E-state index in [2.05, 4.69) is 38.8 Å². The van der Waals surface area contributed by atoms with Crippen LogP contribution in [0.15, 0.2) is 12.1 Å². The molecule has 25 heavy (non-hydrogen) atoms. The Balaban J connectivity index is 1.91. The van der Waals surface area contributed by atoms with Crippen LogP contribution in [0, 0.1) is 0 Å². The van der Waals surface area contributed by atoms with Gasteiger partial charge in [-0.05, 0) is 57.0 Å². The largest absolute Gasteiger partial charge is 0.417 e. The number of carbonyl (C=O) groups is 1. The van der Waals surface area contributed by atoms with Gasteiger partial charge in [-0.25, -0.2) is 4.98 Å². The summed E-state index contributed by atoms with van der Waals surface area (Å²) < 4.78 is 6.22. The van der Waals surface area contributed by atoms with Gasteiger partial charge in [-0.2, -0.15) is 0 Å². The molecule has 0 spiro atoms. The summed E-state index contributed by atoms with van der Waals surface area (Å²) in [5.74, 6) is 0.0504. The van der Waals surface area contributed by atoms with E-state index in [0.717, 1.165) is 25.1 Å². The standard InChI is InChI=1S/C19H31ClN2O2Si/c1-18(2,3)25(6,7)24-13-9-8-12-22-17(23)14-10-11-15(20)21-16(14)19(22,4)5/h10-11H,8-9,12-13H2,1-7H3.